The Balaban J connectivity index is 1.86. The van der Waals surface area contributed by atoms with E-state index in [-0.39, 0.29) is 18.4 Å². The lowest BCUT2D eigenvalue weighted by Gasteiger charge is -2.21. The Labute approximate surface area is 146 Å². The van der Waals surface area contributed by atoms with Gasteiger partial charge in [-0.3, -0.25) is 24.1 Å². The normalized spacial score (nSPS) is 14.5. The third kappa shape index (κ3) is 4.23. The molecule has 4 amide bonds. The molecule has 2 N–H and O–H groups in total. The number of hydrogen-bond donors (Lipinski definition) is 2. The molecular formula is C18H23N3O4. The van der Waals surface area contributed by atoms with Gasteiger partial charge >= 0.3 is 0 Å². The van der Waals surface area contributed by atoms with Crippen LogP contribution in [0.3, 0.4) is 0 Å². The molecule has 1 unspecified atom stereocenters. The maximum absolute atomic E-state index is 12.3. The molecule has 2 rings (SSSR count). The predicted octanol–water partition coefficient (Wildman–Crippen LogP) is 0.950. The molecule has 7 nitrogen and oxygen atoms in total. The van der Waals surface area contributed by atoms with Crippen LogP contribution in [0.25, 0.3) is 0 Å². The summed E-state index contributed by atoms with van der Waals surface area (Å²) in [4.78, 5) is 49.4. The topological polar surface area (TPSA) is 95.6 Å². The van der Waals surface area contributed by atoms with E-state index in [0.29, 0.717) is 24.1 Å². The van der Waals surface area contributed by atoms with Crippen molar-refractivity contribution in [2.75, 3.05) is 13.1 Å². The lowest BCUT2D eigenvalue weighted by atomic mass is 10.1. The first kappa shape index (κ1) is 18.6. The monoisotopic (exact) mass is 345 g/mol. The third-order valence-electron chi connectivity index (χ3n) is 3.93. The van der Waals surface area contributed by atoms with E-state index in [4.69, 9.17) is 0 Å². The molecular weight excluding hydrogens is 322 g/mol. The molecule has 0 aliphatic carbocycles. The zero-order valence-corrected chi connectivity index (χ0v) is 14.7. The molecule has 7 heteroatoms. The molecule has 1 aromatic carbocycles. The fourth-order valence-electron chi connectivity index (χ4n) is 2.66. The highest BCUT2D eigenvalue weighted by Crippen LogP contribution is 2.24. The molecule has 1 aliphatic heterocycles. The Hall–Kier alpha value is -2.70. The van der Waals surface area contributed by atoms with Crippen LogP contribution in [0.5, 0.6) is 0 Å². The molecule has 1 aromatic rings. The van der Waals surface area contributed by atoms with Gasteiger partial charge in [-0.2, -0.15) is 0 Å². The predicted molar refractivity (Wildman–Crippen MR) is 91.9 cm³/mol. The van der Waals surface area contributed by atoms with Crippen molar-refractivity contribution in [3.63, 3.8) is 0 Å². The molecule has 0 fully saturated rings. The van der Waals surface area contributed by atoms with Gasteiger partial charge in [-0.1, -0.05) is 26.0 Å². The van der Waals surface area contributed by atoms with E-state index < -0.39 is 23.8 Å². The van der Waals surface area contributed by atoms with Crippen LogP contribution in [0, 0.1) is 5.92 Å². The first-order valence-electron chi connectivity index (χ1n) is 8.34. The number of carbonyl (C=O) groups is 4. The van der Waals surface area contributed by atoms with Crippen LogP contribution >= 0.6 is 0 Å². The number of carbonyl (C=O) groups excluding carboxylic acids is 4. The van der Waals surface area contributed by atoms with Crippen molar-refractivity contribution in [2.24, 2.45) is 5.92 Å². The van der Waals surface area contributed by atoms with Gasteiger partial charge in [0, 0.05) is 19.5 Å². The number of hydrogen-bond acceptors (Lipinski definition) is 4. The van der Waals surface area contributed by atoms with Crippen LogP contribution in [0.4, 0.5) is 0 Å². The van der Waals surface area contributed by atoms with Crippen LogP contribution in [-0.2, 0) is 9.59 Å². The standard InChI is InChI=1S/C18H23N3O4/c1-11(2)10-15(22)19-8-9-20-16(23)12(3)21-17(24)13-6-4-5-7-14(13)18(21)25/h4-7,11-12H,8-10H2,1-3H3,(H,19,22)(H,20,23). The summed E-state index contributed by atoms with van der Waals surface area (Å²) in [6.45, 7) is 5.94. The molecule has 1 atom stereocenters. The van der Waals surface area contributed by atoms with E-state index in [1.807, 2.05) is 13.8 Å². The minimum absolute atomic E-state index is 0.0716. The first-order valence-corrected chi connectivity index (χ1v) is 8.34. The summed E-state index contributed by atoms with van der Waals surface area (Å²) in [6, 6.07) is 5.59. The minimum Gasteiger partial charge on any atom is -0.354 e. The fraction of sp³-hybridized carbons (Fsp3) is 0.444. The first-order chi connectivity index (χ1) is 11.8. The molecule has 1 heterocycles. The maximum atomic E-state index is 12.3. The van der Waals surface area contributed by atoms with Gasteiger partial charge in [0.05, 0.1) is 11.1 Å². The summed E-state index contributed by atoms with van der Waals surface area (Å²) in [7, 11) is 0. The Morgan fingerprint density at radius 1 is 0.960 bits per heavy atom. The number of imide groups is 1. The minimum atomic E-state index is -0.918. The zero-order valence-electron chi connectivity index (χ0n) is 14.7. The van der Waals surface area contributed by atoms with Crippen LogP contribution in [0.1, 0.15) is 47.9 Å². The Kier molecular flexibility index (Phi) is 5.90. The summed E-state index contributed by atoms with van der Waals surface area (Å²) in [6.07, 6.45) is 0.430. The van der Waals surface area contributed by atoms with E-state index >= 15 is 0 Å². The van der Waals surface area contributed by atoms with E-state index in [9.17, 15) is 19.2 Å². The largest absolute Gasteiger partial charge is 0.354 e. The van der Waals surface area contributed by atoms with Crippen molar-refractivity contribution in [3.05, 3.63) is 35.4 Å². The average Bonchev–Trinajstić information content (AvgIpc) is 2.82. The van der Waals surface area contributed by atoms with Crippen LogP contribution in [0.2, 0.25) is 0 Å². The van der Waals surface area contributed by atoms with Crippen molar-refractivity contribution >= 4 is 23.6 Å². The highest BCUT2D eigenvalue weighted by atomic mass is 16.2. The van der Waals surface area contributed by atoms with Gasteiger partial charge in [0.1, 0.15) is 6.04 Å². The van der Waals surface area contributed by atoms with Crippen molar-refractivity contribution in [1.29, 1.82) is 0 Å². The summed E-state index contributed by atoms with van der Waals surface area (Å²) < 4.78 is 0. The second kappa shape index (κ2) is 7.92. The van der Waals surface area contributed by atoms with Crippen LogP contribution in [-0.4, -0.2) is 47.7 Å². The number of amides is 4. The van der Waals surface area contributed by atoms with Gasteiger partial charge in [-0.05, 0) is 25.0 Å². The molecule has 0 bridgehead atoms. The molecule has 0 spiro atoms. The summed E-state index contributed by atoms with van der Waals surface area (Å²) in [5.41, 5.74) is 0.626. The van der Waals surface area contributed by atoms with Gasteiger partial charge in [0.2, 0.25) is 11.8 Å². The van der Waals surface area contributed by atoms with Crippen molar-refractivity contribution in [3.8, 4) is 0 Å². The van der Waals surface area contributed by atoms with Crippen molar-refractivity contribution < 1.29 is 19.2 Å². The van der Waals surface area contributed by atoms with E-state index in [2.05, 4.69) is 10.6 Å². The molecule has 0 aromatic heterocycles. The zero-order chi connectivity index (χ0) is 18.6. The van der Waals surface area contributed by atoms with Gasteiger partial charge in [-0.15, -0.1) is 0 Å². The Bertz CT molecular complexity index is 664. The highest BCUT2D eigenvalue weighted by molar-refractivity contribution is 6.22. The molecule has 0 saturated carbocycles. The number of rotatable bonds is 7. The Morgan fingerprint density at radius 2 is 1.48 bits per heavy atom. The summed E-state index contributed by atoms with van der Waals surface area (Å²) >= 11 is 0. The third-order valence-corrected chi connectivity index (χ3v) is 3.93. The summed E-state index contributed by atoms with van der Waals surface area (Å²) in [5, 5.41) is 5.34. The van der Waals surface area contributed by atoms with Gasteiger partial charge in [0.25, 0.3) is 11.8 Å². The van der Waals surface area contributed by atoms with Gasteiger partial charge in [0.15, 0.2) is 0 Å². The molecule has 0 radical (unpaired) electrons. The molecule has 25 heavy (non-hydrogen) atoms. The fourth-order valence-corrected chi connectivity index (χ4v) is 2.66. The second-order valence-electron chi connectivity index (χ2n) is 6.44. The quantitative estimate of drug-likeness (QED) is 0.568. The van der Waals surface area contributed by atoms with E-state index in [1.165, 1.54) is 6.92 Å². The van der Waals surface area contributed by atoms with Crippen LogP contribution < -0.4 is 10.6 Å². The second-order valence-corrected chi connectivity index (χ2v) is 6.44. The summed E-state index contributed by atoms with van der Waals surface area (Å²) in [5.74, 6) is -1.17. The van der Waals surface area contributed by atoms with Crippen molar-refractivity contribution in [1.82, 2.24) is 15.5 Å². The lowest BCUT2D eigenvalue weighted by molar-refractivity contribution is -0.125. The highest BCUT2D eigenvalue weighted by Gasteiger charge is 2.40. The lowest BCUT2D eigenvalue weighted by Crippen LogP contribution is -2.49. The van der Waals surface area contributed by atoms with Crippen molar-refractivity contribution in [2.45, 2.75) is 33.2 Å². The van der Waals surface area contributed by atoms with E-state index in [1.54, 1.807) is 24.3 Å². The number of fused-ring (bicyclic) bond motifs is 1. The average molecular weight is 345 g/mol. The van der Waals surface area contributed by atoms with Gasteiger partial charge < -0.3 is 10.6 Å². The molecule has 134 valence electrons. The number of nitrogens with zero attached hydrogens (tertiary/aromatic N) is 1. The number of nitrogens with one attached hydrogen (secondary N) is 2. The Morgan fingerprint density at radius 3 is 2.00 bits per heavy atom. The van der Waals surface area contributed by atoms with Gasteiger partial charge in [-0.25, -0.2) is 0 Å². The smallest absolute Gasteiger partial charge is 0.262 e. The SMILES string of the molecule is CC(C)CC(=O)NCCNC(=O)C(C)N1C(=O)c2ccccc2C1=O. The van der Waals surface area contributed by atoms with Crippen LogP contribution in [0.15, 0.2) is 24.3 Å². The number of benzene rings is 1. The van der Waals surface area contributed by atoms with E-state index in [0.717, 1.165) is 4.90 Å². The maximum Gasteiger partial charge on any atom is 0.262 e. The molecule has 0 saturated heterocycles. The molecule has 1 aliphatic rings.